The van der Waals surface area contributed by atoms with Gasteiger partial charge < -0.3 is 21.0 Å². The molecule has 0 fully saturated rings. The molecule has 22 heavy (non-hydrogen) atoms. The van der Waals surface area contributed by atoms with Crippen LogP contribution in [0.5, 0.6) is 5.75 Å². The van der Waals surface area contributed by atoms with Crippen molar-refractivity contribution in [2.45, 2.75) is 0 Å². The Morgan fingerprint density at radius 3 is 2.18 bits per heavy atom. The molecule has 110 valence electrons. The molecule has 0 aliphatic rings. The summed E-state index contributed by atoms with van der Waals surface area (Å²) in [6.07, 6.45) is 0. The molecule has 0 bridgehead atoms. The van der Waals surface area contributed by atoms with Crippen LogP contribution in [0, 0.1) is 10.8 Å². The lowest BCUT2D eigenvalue weighted by molar-refractivity contribution is 0.474. The zero-order valence-corrected chi connectivity index (χ0v) is 11.6. The third-order valence-electron chi connectivity index (χ3n) is 3.41. The summed E-state index contributed by atoms with van der Waals surface area (Å²) in [5.41, 5.74) is 13.0. The van der Waals surface area contributed by atoms with Crippen LogP contribution in [0.25, 0.3) is 22.3 Å². The Kier molecular flexibility index (Phi) is 3.06. The van der Waals surface area contributed by atoms with E-state index in [0.29, 0.717) is 28.0 Å². The molecule has 0 radical (unpaired) electrons. The number of fused-ring (bicyclic) bond motifs is 1. The molecule has 0 aliphatic carbocycles. The number of aromatic hydroxyl groups is 1. The Hall–Kier alpha value is -3.28. The van der Waals surface area contributed by atoms with E-state index in [1.807, 2.05) is 0 Å². The minimum absolute atomic E-state index is 0.0152. The summed E-state index contributed by atoms with van der Waals surface area (Å²) in [6, 6.07) is 11.7. The Balaban J connectivity index is 2.10. The topological polar surface area (TPSA) is 133 Å². The number of nitrogen functional groups attached to an aromatic ring is 2. The highest BCUT2D eigenvalue weighted by atomic mass is 16.3. The van der Waals surface area contributed by atoms with Crippen LogP contribution in [-0.2, 0) is 0 Å². The Bertz CT molecular complexity index is 912. The molecule has 1 heterocycles. The summed E-state index contributed by atoms with van der Waals surface area (Å²) in [5.74, 6) is 0.327. The van der Waals surface area contributed by atoms with Gasteiger partial charge in [0, 0.05) is 16.5 Å². The average molecular weight is 294 g/mol. The molecule has 0 atom stereocenters. The predicted octanol–water partition coefficient (Wildman–Crippen LogP) is 2.37. The van der Waals surface area contributed by atoms with Gasteiger partial charge in [-0.25, -0.2) is 0 Å². The number of hydrogen-bond donors (Lipinski definition) is 5. The maximum atomic E-state index is 10.1. The van der Waals surface area contributed by atoms with Gasteiger partial charge in [0.15, 0.2) is 0 Å². The van der Waals surface area contributed by atoms with Crippen LogP contribution in [0.1, 0.15) is 11.1 Å². The lowest BCUT2D eigenvalue weighted by Gasteiger charge is -2.04. The van der Waals surface area contributed by atoms with E-state index >= 15 is 0 Å². The van der Waals surface area contributed by atoms with Crippen molar-refractivity contribution in [2.75, 3.05) is 0 Å². The highest BCUT2D eigenvalue weighted by molar-refractivity contribution is 5.99. The largest absolute Gasteiger partial charge is 0.507 e. The molecule has 6 heteroatoms. The smallest absolute Gasteiger partial charge is 0.139 e. The summed E-state index contributed by atoms with van der Waals surface area (Å²) in [4.78, 5) is 0. The maximum absolute atomic E-state index is 10.1. The SMILES string of the molecule is N=C(N)c1ccc(-c2cc3ccc(C(=N)N)cc3o2)c(O)c1. The van der Waals surface area contributed by atoms with Crippen LogP contribution in [0.15, 0.2) is 46.9 Å². The number of furan rings is 1. The number of hydrogen-bond acceptors (Lipinski definition) is 4. The van der Waals surface area contributed by atoms with Crippen molar-refractivity contribution in [1.29, 1.82) is 10.8 Å². The molecule has 0 saturated carbocycles. The van der Waals surface area contributed by atoms with Crippen LogP contribution in [0.4, 0.5) is 0 Å². The number of phenolic OH excluding ortho intramolecular Hbond substituents is 1. The van der Waals surface area contributed by atoms with E-state index in [2.05, 4.69) is 0 Å². The minimum Gasteiger partial charge on any atom is -0.507 e. The molecular formula is C16H14N4O2. The van der Waals surface area contributed by atoms with Gasteiger partial charge in [-0.05, 0) is 24.3 Å². The summed E-state index contributed by atoms with van der Waals surface area (Å²) in [7, 11) is 0. The second kappa shape index (κ2) is 4.92. The average Bonchev–Trinajstić information content (AvgIpc) is 2.89. The van der Waals surface area contributed by atoms with Crippen LogP contribution in [-0.4, -0.2) is 16.8 Å². The highest BCUT2D eigenvalue weighted by Gasteiger charge is 2.12. The summed E-state index contributed by atoms with van der Waals surface area (Å²) < 4.78 is 5.73. The van der Waals surface area contributed by atoms with Crippen molar-refractivity contribution in [3.05, 3.63) is 53.6 Å². The number of rotatable bonds is 3. The minimum atomic E-state index is -0.113. The second-order valence-electron chi connectivity index (χ2n) is 4.92. The first kappa shape index (κ1) is 13.7. The van der Waals surface area contributed by atoms with E-state index in [0.717, 1.165) is 5.39 Å². The number of nitrogens with one attached hydrogen (secondary N) is 2. The predicted molar refractivity (Wildman–Crippen MR) is 85.3 cm³/mol. The molecule has 3 aromatic rings. The van der Waals surface area contributed by atoms with Crippen LogP contribution in [0.2, 0.25) is 0 Å². The van der Waals surface area contributed by atoms with Gasteiger partial charge in [0.05, 0.1) is 5.56 Å². The quantitative estimate of drug-likeness (QED) is 0.374. The summed E-state index contributed by atoms with van der Waals surface area (Å²) >= 11 is 0. The normalized spacial score (nSPS) is 10.7. The third kappa shape index (κ3) is 2.26. The van der Waals surface area contributed by atoms with E-state index < -0.39 is 0 Å². The van der Waals surface area contributed by atoms with E-state index in [9.17, 15) is 5.11 Å². The van der Waals surface area contributed by atoms with Crippen molar-refractivity contribution in [3.63, 3.8) is 0 Å². The molecule has 0 spiro atoms. The van der Waals surface area contributed by atoms with Crippen molar-refractivity contribution in [2.24, 2.45) is 11.5 Å². The van der Waals surface area contributed by atoms with E-state index in [-0.39, 0.29) is 17.4 Å². The van der Waals surface area contributed by atoms with Gasteiger partial charge in [-0.2, -0.15) is 0 Å². The zero-order chi connectivity index (χ0) is 15.9. The third-order valence-corrected chi connectivity index (χ3v) is 3.41. The molecule has 0 aliphatic heterocycles. The monoisotopic (exact) mass is 294 g/mol. The first-order valence-corrected chi connectivity index (χ1v) is 6.51. The van der Waals surface area contributed by atoms with Gasteiger partial charge in [0.2, 0.25) is 0 Å². The van der Waals surface area contributed by atoms with Crippen LogP contribution < -0.4 is 11.5 Å². The van der Waals surface area contributed by atoms with Gasteiger partial charge in [-0.3, -0.25) is 10.8 Å². The van der Waals surface area contributed by atoms with Gasteiger partial charge >= 0.3 is 0 Å². The highest BCUT2D eigenvalue weighted by Crippen LogP contribution is 2.34. The molecule has 6 nitrogen and oxygen atoms in total. The number of amidine groups is 2. The van der Waals surface area contributed by atoms with E-state index in [1.165, 1.54) is 6.07 Å². The van der Waals surface area contributed by atoms with Crippen LogP contribution in [0.3, 0.4) is 0 Å². The lowest BCUT2D eigenvalue weighted by atomic mass is 10.1. The molecule has 1 aromatic heterocycles. The van der Waals surface area contributed by atoms with Gasteiger partial charge in [-0.15, -0.1) is 0 Å². The molecule has 3 rings (SSSR count). The molecule has 2 aromatic carbocycles. The second-order valence-corrected chi connectivity index (χ2v) is 4.92. The van der Waals surface area contributed by atoms with Crippen molar-refractivity contribution in [3.8, 4) is 17.1 Å². The number of nitrogens with two attached hydrogens (primary N) is 2. The number of benzene rings is 2. The van der Waals surface area contributed by atoms with Crippen molar-refractivity contribution < 1.29 is 9.52 Å². The fourth-order valence-corrected chi connectivity index (χ4v) is 2.24. The molecule has 0 unspecified atom stereocenters. The van der Waals surface area contributed by atoms with Gasteiger partial charge in [0.25, 0.3) is 0 Å². The summed E-state index contributed by atoms with van der Waals surface area (Å²) in [6.45, 7) is 0. The van der Waals surface area contributed by atoms with Crippen molar-refractivity contribution in [1.82, 2.24) is 0 Å². The Morgan fingerprint density at radius 1 is 0.909 bits per heavy atom. The first-order valence-electron chi connectivity index (χ1n) is 6.51. The van der Waals surface area contributed by atoms with Gasteiger partial charge in [0.1, 0.15) is 28.8 Å². The maximum Gasteiger partial charge on any atom is 0.139 e. The molecule has 7 N–H and O–H groups in total. The standard InChI is InChI=1S/C16H14N4O2/c17-15(18)9-3-4-11(12(21)5-9)14-6-8-1-2-10(16(19)20)7-13(8)22-14/h1-7,21H,(H3,17,18)(H3,19,20). The lowest BCUT2D eigenvalue weighted by Crippen LogP contribution is -2.10. The fourth-order valence-electron chi connectivity index (χ4n) is 2.24. The molecule has 0 amide bonds. The molecular weight excluding hydrogens is 280 g/mol. The molecule has 0 saturated heterocycles. The van der Waals surface area contributed by atoms with Crippen LogP contribution >= 0.6 is 0 Å². The number of phenols is 1. The zero-order valence-electron chi connectivity index (χ0n) is 11.6. The Morgan fingerprint density at radius 2 is 1.55 bits per heavy atom. The van der Waals surface area contributed by atoms with Crippen molar-refractivity contribution >= 4 is 22.6 Å². The van der Waals surface area contributed by atoms with E-state index in [1.54, 1.807) is 36.4 Å². The first-order chi connectivity index (χ1) is 10.5. The van der Waals surface area contributed by atoms with Gasteiger partial charge in [-0.1, -0.05) is 18.2 Å². The van der Waals surface area contributed by atoms with E-state index in [4.69, 9.17) is 26.7 Å². The Labute approximate surface area is 126 Å². The fraction of sp³-hybridized carbons (Fsp3) is 0. The summed E-state index contributed by atoms with van der Waals surface area (Å²) in [5, 5.41) is 25.8.